The predicted molar refractivity (Wildman–Crippen MR) is 101 cm³/mol. The molecule has 9 nitrogen and oxygen atoms in total. The van der Waals surface area contributed by atoms with Crippen molar-refractivity contribution in [2.24, 2.45) is 0 Å². The van der Waals surface area contributed by atoms with E-state index in [2.05, 4.69) is 4.98 Å². The Morgan fingerprint density at radius 1 is 1.00 bits per heavy atom. The van der Waals surface area contributed by atoms with Crippen LogP contribution in [0.4, 0.5) is 0 Å². The molecule has 0 saturated heterocycles. The summed E-state index contributed by atoms with van der Waals surface area (Å²) in [6.45, 7) is -0.418. The average molecular weight is 413 g/mol. The van der Waals surface area contributed by atoms with Crippen LogP contribution in [0, 0.1) is 0 Å². The van der Waals surface area contributed by atoms with Crippen molar-refractivity contribution in [3.8, 4) is 0 Å². The lowest BCUT2D eigenvalue weighted by Gasteiger charge is -2.14. The number of hydroxylamine groups is 2. The van der Waals surface area contributed by atoms with Gasteiger partial charge in [0.2, 0.25) is 0 Å². The fourth-order valence-electron chi connectivity index (χ4n) is 3.16. The number of carbonyl (C=O) groups excluding carboxylic acids is 3. The normalized spacial score (nSPS) is 13.8. The van der Waals surface area contributed by atoms with Crippen LogP contribution in [0.3, 0.4) is 0 Å². The van der Waals surface area contributed by atoms with E-state index in [4.69, 9.17) is 4.84 Å². The van der Waals surface area contributed by atoms with E-state index < -0.39 is 34.2 Å². The zero-order valence-electron chi connectivity index (χ0n) is 15.2. The number of sulfone groups is 1. The van der Waals surface area contributed by atoms with E-state index in [1.807, 2.05) is 0 Å². The van der Waals surface area contributed by atoms with Gasteiger partial charge >= 0.3 is 5.97 Å². The zero-order chi connectivity index (χ0) is 20.8. The first kappa shape index (κ1) is 18.8. The number of nitrogens with zero attached hydrogens (tertiary/aromatic N) is 3. The number of hydrogen-bond donors (Lipinski definition) is 0. The minimum Gasteiger partial charge on any atom is -0.328 e. The van der Waals surface area contributed by atoms with Crippen LogP contribution in [-0.2, 0) is 31.8 Å². The van der Waals surface area contributed by atoms with Gasteiger partial charge in [-0.3, -0.25) is 9.59 Å². The lowest BCUT2D eigenvalue weighted by Crippen LogP contribution is -2.34. The van der Waals surface area contributed by atoms with Crippen LogP contribution in [0.15, 0.2) is 48.5 Å². The van der Waals surface area contributed by atoms with Crippen LogP contribution in [-0.4, -0.2) is 47.1 Å². The molecule has 0 aliphatic carbocycles. The maximum Gasteiger partial charge on any atom is 0.352 e. The molecule has 0 spiro atoms. The van der Waals surface area contributed by atoms with Gasteiger partial charge in [0.25, 0.3) is 11.8 Å². The maximum atomic E-state index is 12.5. The Morgan fingerprint density at radius 3 is 2.21 bits per heavy atom. The van der Waals surface area contributed by atoms with Crippen molar-refractivity contribution in [2.45, 2.75) is 12.3 Å². The predicted octanol–water partition coefficient (Wildman–Crippen LogP) is 1.34. The molecule has 0 atom stereocenters. The van der Waals surface area contributed by atoms with Gasteiger partial charge in [0.15, 0.2) is 9.84 Å². The number of hydrogen-bond acceptors (Lipinski definition) is 7. The van der Waals surface area contributed by atoms with Crippen molar-refractivity contribution in [1.82, 2.24) is 14.6 Å². The highest BCUT2D eigenvalue weighted by Crippen LogP contribution is 2.23. The molecule has 0 bridgehead atoms. The number of fused-ring (bicyclic) bond motifs is 2. The summed E-state index contributed by atoms with van der Waals surface area (Å²) >= 11 is 0. The fraction of sp³-hybridized carbons (Fsp3) is 0.158. The average Bonchev–Trinajstić information content (AvgIpc) is 3.11. The van der Waals surface area contributed by atoms with E-state index >= 15 is 0 Å². The van der Waals surface area contributed by atoms with Gasteiger partial charge in [-0.25, -0.2) is 18.2 Å². The van der Waals surface area contributed by atoms with Gasteiger partial charge in [0.05, 0.1) is 22.2 Å². The summed E-state index contributed by atoms with van der Waals surface area (Å²) in [4.78, 5) is 46.5. The summed E-state index contributed by atoms with van der Waals surface area (Å²) in [5.74, 6) is -2.58. The lowest BCUT2D eigenvalue weighted by atomic mass is 10.1. The molecular weight excluding hydrogens is 398 g/mol. The second-order valence-corrected chi connectivity index (χ2v) is 8.73. The summed E-state index contributed by atoms with van der Waals surface area (Å²) < 4.78 is 24.9. The number of amides is 2. The topological polar surface area (TPSA) is 116 Å². The minimum absolute atomic E-state index is 0.149. The van der Waals surface area contributed by atoms with Gasteiger partial charge in [-0.05, 0) is 24.3 Å². The molecular formula is C19H15N3O6S. The molecule has 0 unspecified atom stereocenters. The Kier molecular flexibility index (Phi) is 4.42. The van der Waals surface area contributed by atoms with Crippen molar-refractivity contribution in [1.29, 1.82) is 0 Å². The highest BCUT2D eigenvalue weighted by Gasteiger charge is 2.38. The Morgan fingerprint density at radius 2 is 1.59 bits per heavy atom. The highest BCUT2D eigenvalue weighted by atomic mass is 32.2. The zero-order valence-corrected chi connectivity index (χ0v) is 16.0. The van der Waals surface area contributed by atoms with E-state index in [0.717, 1.165) is 6.26 Å². The molecule has 0 fully saturated rings. The summed E-state index contributed by atoms with van der Waals surface area (Å²) in [5, 5.41) is 0.419. The third kappa shape index (κ3) is 3.49. The maximum absolute atomic E-state index is 12.5. The van der Waals surface area contributed by atoms with E-state index in [0.29, 0.717) is 16.1 Å². The van der Waals surface area contributed by atoms with Crippen LogP contribution in [0.25, 0.3) is 11.0 Å². The summed E-state index contributed by atoms with van der Waals surface area (Å²) in [7, 11) is -3.41. The molecule has 1 aliphatic heterocycles. The van der Waals surface area contributed by atoms with E-state index in [1.54, 1.807) is 36.4 Å². The molecule has 0 N–H and O–H groups in total. The standard InChI is InChI=1S/C19H15N3O6S/c1-29(26,27)11-16-20-14-8-4-5-9-15(14)21(16)10-17(23)28-22-18(24)12-6-2-3-7-13(12)19(22)25/h2-9H,10-11H2,1H3. The SMILES string of the molecule is CS(=O)(=O)Cc1nc2ccccc2n1CC(=O)ON1C(=O)c2ccccc2C1=O. The summed E-state index contributed by atoms with van der Waals surface area (Å²) in [6.07, 6.45) is 1.06. The molecule has 4 rings (SSSR count). The molecule has 0 radical (unpaired) electrons. The van der Waals surface area contributed by atoms with Gasteiger partial charge in [-0.2, -0.15) is 0 Å². The van der Waals surface area contributed by atoms with Gasteiger partial charge in [-0.1, -0.05) is 29.3 Å². The molecule has 1 aromatic heterocycles. The summed E-state index contributed by atoms with van der Waals surface area (Å²) in [5.41, 5.74) is 1.34. The monoisotopic (exact) mass is 413 g/mol. The third-order valence-corrected chi connectivity index (χ3v) is 5.14. The first-order valence-electron chi connectivity index (χ1n) is 8.55. The van der Waals surface area contributed by atoms with E-state index in [-0.39, 0.29) is 22.7 Å². The van der Waals surface area contributed by atoms with Crippen molar-refractivity contribution >= 4 is 38.7 Å². The molecule has 3 aromatic rings. The molecule has 29 heavy (non-hydrogen) atoms. The number of imidazole rings is 1. The van der Waals surface area contributed by atoms with Crippen molar-refractivity contribution in [3.05, 3.63) is 65.5 Å². The first-order valence-corrected chi connectivity index (χ1v) is 10.6. The molecule has 2 heterocycles. The van der Waals surface area contributed by atoms with Crippen molar-refractivity contribution < 1.29 is 27.6 Å². The quantitative estimate of drug-likeness (QED) is 0.580. The highest BCUT2D eigenvalue weighted by molar-refractivity contribution is 7.89. The van der Waals surface area contributed by atoms with Gasteiger partial charge in [-0.15, -0.1) is 0 Å². The van der Waals surface area contributed by atoms with Crippen LogP contribution in [0.1, 0.15) is 26.5 Å². The fourth-order valence-corrected chi connectivity index (χ4v) is 3.85. The number of aromatic nitrogens is 2. The number of imide groups is 1. The molecule has 2 aromatic carbocycles. The van der Waals surface area contributed by atoms with Gasteiger partial charge in [0.1, 0.15) is 18.1 Å². The van der Waals surface area contributed by atoms with Crippen LogP contribution >= 0.6 is 0 Å². The summed E-state index contributed by atoms with van der Waals surface area (Å²) in [6, 6.07) is 13.0. The minimum atomic E-state index is -3.41. The smallest absolute Gasteiger partial charge is 0.328 e. The van der Waals surface area contributed by atoms with Crippen molar-refractivity contribution in [3.63, 3.8) is 0 Å². The third-order valence-electron chi connectivity index (χ3n) is 4.36. The van der Waals surface area contributed by atoms with Gasteiger partial charge in [0, 0.05) is 6.26 Å². The second kappa shape index (κ2) is 6.82. The van der Waals surface area contributed by atoms with E-state index in [9.17, 15) is 22.8 Å². The van der Waals surface area contributed by atoms with Crippen LogP contribution in [0.5, 0.6) is 0 Å². The molecule has 1 aliphatic rings. The largest absolute Gasteiger partial charge is 0.352 e. The molecule has 148 valence electrons. The van der Waals surface area contributed by atoms with Crippen LogP contribution < -0.4 is 0 Å². The van der Waals surface area contributed by atoms with Crippen LogP contribution in [0.2, 0.25) is 0 Å². The first-order chi connectivity index (χ1) is 13.7. The number of para-hydroxylation sites is 2. The van der Waals surface area contributed by atoms with E-state index in [1.165, 1.54) is 16.7 Å². The molecule has 10 heteroatoms. The second-order valence-electron chi connectivity index (χ2n) is 6.59. The Labute approximate surface area is 165 Å². The van der Waals surface area contributed by atoms with Crippen molar-refractivity contribution in [2.75, 3.05) is 6.26 Å². The lowest BCUT2D eigenvalue weighted by molar-refractivity contribution is -0.169. The van der Waals surface area contributed by atoms with Gasteiger partial charge < -0.3 is 9.40 Å². The number of rotatable bonds is 5. The molecule has 0 saturated carbocycles. The Balaban J connectivity index is 1.61. The number of benzene rings is 2. The molecule has 2 amide bonds. The Bertz CT molecular complexity index is 1240. The Hall–Kier alpha value is -3.53. The number of carbonyl (C=O) groups is 3.